The van der Waals surface area contributed by atoms with Crippen molar-refractivity contribution < 1.29 is 30.2 Å². The number of carboxylic acid groups (broad SMARTS) is 1. The maximum absolute atomic E-state index is 10.8. The van der Waals surface area contributed by atoms with Gasteiger partial charge in [0.25, 0.3) is 0 Å². The standard InChI is InChI=1S/C21H17N3O2.Li.H/c1-14-3-2-4-18(23-14)16-7-10-20-19(12-16)22-13-24(20)17-8-5-15(6-9-17)11-21(25)26;;/h2-10,12-13H,11H2,1H3,(H,25,26);;/q;+1;-1. The molecule has 5 nitrogen and oxygen atoms in total. The first-order valence-corrected chi connectivity index (χ1v) is 8.32. The van der Waals surface area contributed by atoms with Gasteiger partial charge < -0.3 is 6.53 Å². The molecule has 27 heavy (non-hydrogen) atoms. The molecule has 0 unspecified atom stereocenters. The molecule has 0 aliphatic heterocycles. The zero-order chi connectivity index (χ0) is 18.1. The number of carboxylic acids is 1. The Morgan fingerprint density at radius 1 is 1.11 bits per heavy atom. The molecular formula is C21H18LiN3O2. The van der Waals surface area contributed by atoms with Gasteiger partial charge in [-0.15, -0.1) is 0 Å². The number of imidazole rings is 1. The minimum Gasteiger partial charge on any atom is -1.00 e. The maximum Gasteiger partial charge on any atom is 1.00 e. The topological polar surface area (TPSA) is 68.0 Å². The zero-order valence-corrected chi connectivity index (χ0v) is 15.3. The van der Waals surface area contributed by atoms with Crippen LogP contribution in [0.3, 0.4) is 0 Å². The minimum atomic E-state index is -0.830. The fourth-order valence-corrected chi connectivity index (χ4v) is 3.03. The van der Waals surface area contributed by atoms with E-state index in [1.165, 1.54) is 0 Å². The van der Waals surface area contributed by atoms with Crippen LogP contribution >= 0.6 is 0 Å². The number of aromatic nitrogens is 3. The summed E-state index contributed by atoms with van der Waals surface area (Å²) in [6.45, 7) is 1.98. The van der Waals surface area contributed by atoms with Crippen LogP contribution in [0.4, 0.5) is 0 Å². The largest absolute Gasteiger partial charge is 1.00 e. The Balaban J connectivity index is 0.00000140. The summed E-state index contributed by atoms with van der Waals surface area (Å²) in [5, 5.41) is 8.88. The molecule has 4 rings (SSSR count). The van der Waals surface area contributed by atoms with Crippen molar-refractivity contribution in [3.8, 4) is 16.9 Å². The summed E-state index contributed by atoms with van der Waals surface area (Å²) < 4.78 is 1.99. The van der Waals surface area contributed by atoms with Gasteiger partial charge in [0, 0.05) is 16.9 Å². The van der Waals surface area contributed by atoms with Crippen LogP contribution in [0, 0.1) is 6.92 Å². The van der Waals surface area contributed by atoms with Crippen LogP contribution in [0.25, 0.3) is 28.0 Å². The van der Waals surface area contributed by atoms with E-state index in [1.54, 1.807) is 6.33 Å². The molecule has 0 radical (unpaired) electrons. The zero-order valence-electron chi connectivity index (χ0n) is 16.3. The summed E-state index contributed by atoms with van der Waals surface area (Å²) in [5.41, 5.74) is 6.55. The molecule has 2 heterocycles. The van der Waals surface area contributed by atoms with E-state index >= 15 is 0 Å². The van der Waals surface area contributed by atoms with Crippen LogP contribution in [-0.4, -0.2) is 25.6 Å². The van der Waals surface area contributed by atoms with Crippen molar-refractivity contribution in [2.24, 2.45) is 0 Å². The molecular weight excluding hydrogens is 333 g/mol. The minimum absolute atomic E-state index is 0. The first kappa shape index (κ1) is 18.9. The number of rotatable bonds is 4. The van der Waals surface area contributed by atoms with E-state index in [9.17, 15) is 4.79 Å². The van der Waals surface area contributed by atoms with Gasteiger partial charge in [0.05, 0.1) is 23.1 Å². The number of aryl methyl sites for hydroxylation is 1. The molecule has 0 aliphatic rings. The average Bonchev–Trinajstić information content (AvgIpc) is 3.05. The van der Waals surface area contributed by atoms with Crippen molar-refractivity contribution >= 4 is 17.0 Å². The predicted octanol–water partition coefficient (Wildman–Crippen LogP) is 1.14. The van der Waals surface area contributed by atoms with Crippen LogP contribution in [-0.2, 0) is 11.2 Å². The van der Waals surface area contributed by atoms with Crippen LogP contribution in [0.2, 0.25) is 0 Å². The summed E-state index contributed by atoms with van der Waals surface area (Å²) in [5.74, 6) is -0.830. The summed E-state index contributed by atoms with van der Waals surface area (Å²) in [4.78, 5) is 19.9. The van der Waals surface area contributed by atoms with E-state index in [4.69, 9.17) is 5.11 Å². The van der Waals surface area contributed by atoms with Crippen LogP contribution in [0.5, 0.6) is 0 Å². The smallest absolute Gasteiger partial charge is 1.00 e. The molecule has 6 heteroatoms. The van der Waals surface area contributed by atoms with E-state index in [2.05, 4.69) is 9.97 Å². The Kier molecular flexibility index (Phi) is 5.45. The Hall–Kier alpha value is -2.87. The molecule has 2 aromatic carbocycles. The van der Waals surface area contributed by atoms with E-state index in [-0.39, 0.29) is 26.7 Å². The van der Waals surface area contributed by atoms with E-state index in [0.717, 1.165) is 39.2 Å². The van der Waals surface area contributed by atoms with Crippen molar-refractivity contribution in [1.29, 1.82) is 0 Å². The summed E-state index contributed by atoms with van der Waals surface area (Å²) in [7, 11) is 0. The number of pyridine rings is 1. The molecule has 4 aromatic rings. The number of carbonyl (C=O) groups is 1. The fraction of sp³-hybridized carbons (Fsp3) is 0.0952. The van der Waals surface area contributed by atoms with Gasteiger partial charge in [-0.2, -0.15) is 0 Å². The number of aliphatic carboxylic acids is 1. The number of fused-ring (bicyclic) bond motifs is 1. The number of hydrogen-bond donors (Lipinski definition) is 1. The molecule has 0 aliphatic carbocycles. The van der Waals surface area contributed by atoms with Crippen molar-refractivity contribution in [1.82, 2.24) is 14.5 Å². The molecule has 2 aromatic heterocycles. The van der Waals surface area contributed by atoms with Crippen molar-refractivity contribution in [2.45, 2.75) is 13.3 Å². The van der Waals surface area contributed by atoms with Crippen LogP contribution in [0.15, 0.2) is 67.0 Å². The first-order valence-electron chi connectivity index (χ1n) is 8.32. The monoisotopic (exact) mass is 351 g/mol. The molecule has 0 amide bonds. The van der Waals surface area contributed by atoms with Gasteiger partial charge in [0.2, 0.25) is 0 Å². The predicted molar refractivity (Wildman–Crippen MR) is 101 cm³/mol. The normalized spacial score (nSPS) is 10.6. The van der Waals surface area contributed by atoms with Gasteiger partial charge >= 0.3 is 24.8 Å². The Morgan fingerprint density at radius 2 is 1.89 bits per heavy atom. The summed E-state index contributed by atoms with van der Waals surface area (Å²) >= 11 is 0. The van der Waals surface area contributed by atoms with Crippen molar-refractivity contribution in [3.63, 3.8) is 0 Å². The summed E-state index contributed by atoms with van der Waals surface area (Å²) in [6.07, 6.45) is 1.81. The third-order valence-electron chi connectivity index (χ3n) is 4.30. The van der Waals surface area contributed by atoms with E-state index in [0.29, 0.717) is 0 Å². The van der Waals surface area contributed by atoms with Gasteiger partial charge in [-0.05, 0) is 48.9 Å². The number of benzene rings is 2. The second-order valence-corrected chi connectivity index (χ2v) is 6.22. The molecule has 130 valence electrons. The van der Waals surface area contributed by atoms with Gasteiger partial charge in [-0.3, -0.25) is 14.3 Å². The SMILES string of the molecule is Cc1cccc(-c2ccc3c(c2)ncn3-c2ccc(CC(=O)O)cc2)n1.[H-].[Li+]. The second-order valence-electron chi connectivity index (χ2n) is 6.22. The molecule has 0 bridgehead atoms. The van der Waals surface area contributed by atoms with Crippen LogP contribution in [0.1, 0.15) is 12.7 Å². The second kappa shape index (κ2) is 7.79. The Bertz CT molecular complexity index is 1110. The van der Waals surface area contributed by atoms with Gasteiger partial charge in [0.15, 0.2) is 0 Å². The Morgan fingerprint density at radius 3 is 2.59 bits per heavy atom. The van der Waals surface area contributed by atoms with E-state index in [1.807, 2.05) is 72.2 Å². The Labute approximate surface area is 170 Å². The third-order valence-corrected chi connectivity index (χ3v) is 4.30. The molecule has 0 saturated heterocycles. The first-order chi connectivity index (χ1) is 12.6. The molecule has 0 fully saturated rings. The number of nitrogens with zero attached hydrogens (tertiary/aromatic N) is 3. The number of hydrogen-bond acceptors (Lipinski definition) is 3. The quantitative estimate of drug-likeness (QED) is 0.560. The third kappa shape index (κ3) is 3.95. The van der Waals surface area contributed by atoms with Crippen molar-refractivity contribution in [2.75, 3.05) is 0 Å². The maximum atomic E-state index is 10.8. The molecule has 1 N–H and O–H groups in total. The van der Waals surface area contributed by atoms with Crippen molar-refractivity contribution in [3.05, 3.63) is 78.2 Å². The molecule has 0 atom stereocenters. The molecule has 0 saturated carbocycles. The average molecular weight is 351 g/mol. The summed E-state index contributed by atoms with van der Waals surface area (Å²) in [6, 6.07) is 19.6. The van der Waals surface area contributed by atoms with E-state index < -0.39 is 5.97 Å². The van der Waals surface area contributed by atoms with Gasteiger partial charge in [-0.1, -0.05) is 24.3 Å². The van der Waals surface area contributed by atoms with Crippen LogP contribution < -0.4 is 18.9 Å². The van der Waals surface area contributed by atoms with Gasteiger partial charge in [-0.25, -0.2) is 4.98 Å². The molecule has 0 spiro atoms. The van der Waals surface area contributed by atoms with Gasteiger partial charge in [0.1, 0.15) is 6.33 Å². The fourth-order valence-electron chi connectivity index (χ4n) is 3.03.